The van der Waals surface area contributed by atoms with Crippen LogP contribution in [0, 0.1) is 19.8 Å². The van der Waals surface area contributed by atoms with Gasteiger partial charge in [0.15, 0.2) is 0 Å². The molecule has 0 spiro atoms. The maximum absolute atomic E-state index is 12.0. The molecule has 1 aliphatic rings. The van der Waals surface area contributed by atoms with E-state index in [4.69, 9.17) is 0 Å². The summed E-state index contributed by atoms with van der Waals surface area (Å²) in [4.78, 5) is 15.5. The first kappa shape index (κ1) is 16.1. The maximum Gasteiger partial charge on any atom is 0.225 e. The Morgan fingerprint density at radius 3 is 2.91 bits per heavy atom. The zero-order valence-electron chi connectivity index (χ0n) is 13.8. The predicted octanol–water partition coefficient (Wildman–Crippen LogP) is 3.55. The van der Waals surface area contributed by atoms with E-state index >= 15 is 0 Å². The van der Waals surface area contributed by atoms with Crippen LogP contribution in [0.25, 0.3) is 0 Å². The quantitative estimate of drug-likeness (QED) is 0.910. The van der Waals surface area contributed by atoms with Gasteiger partial charge in [-0.05, 0) is 60.9 Å². The standard InChI is InChI=1S/C19H24N2OS/c1-14-5-6-17(10-15(14)2)21-8-7-16(13-21)12-20-19(22)11-18-4-3-9-23-18/h3-6,9-10,16H,7-8,11-13H2,1-2H3,(H,20,22). The molecule has 1 fully saturated rings. The number of nitrogens with zero attached hydrogens (tertiary/aromatic N) is 1. The SMILES string of the molecule is Cc1ccc(N2CCC(CNC(=O)Cc3cccs3)C2)cc1C. The fourth-order valence-corrected chi connectivity index (χ4v) is 3.75. The topological polar surface area (TPSA) is 32.3 Å². The second-order valence-corrected chi connectivity index (χ2v) is 7.46. The first-order valence-corrected chi connectivity index (χ1v) is 9.11. The van der Waals surface area contributed by atoms with Crippen LogP contribution in [0.2, 0.25) is 0 Å². The minimum Gasteiger partial charge on any atom is -0.371 e. The summed E-state index contributed by atoms with van der Waals surface area (Å²) in [6.07, 6.45) is 1.65. The van der Waals surface area contributed by atoms with Crippen molar-refractivity contribution in [2.45, 2.75) is 26.7 Å². The Hall–Kier alpha value is -1.81. The summed E-state index contributed by atoms with van der Waals surface area (Å²) >= 11 is 1.64. The lowest BCUT2D eigenvalue weighted by Gasteiger charge is -2.20. The van der Waals surface area contributed by atoms with E-state index in [9.17, 15) is 4.79 Å². The molecular weight excluding hydrogens is 304 g/mol. The summed E-state index contributed by atoms with van der Waals surface area (Å²) in [6, 6.07) is 10.7. The van der Waals surface area contributed by atoms with E-state index in [0.29, 0.717) is 12.3 Å². The van der Waals surface area contributed by atoms with Gasteiger partial charge in [0, 0.05) is 30.2 Å². The number of carbonyl (C=O) groups excluding carboxylic acids is 1. The van der Waals surface area contributed by atoms with Gasteiger partial charge in [0.25, 0.3) is 0 Å². The van der Waals surface area contributed by atoms with Gasteiger partial charge in [-0.15, -0.1) is 11.3 Å². The van der Waals surface area contributed by atoms with Crippen molar-refractivity contribution < 1.29 is 4.79 Å². The Bertz CT molecular complexity index is 666. The molecule has 2 aromatic rings. The molecule has 3 rings (SSSR count). The number of anilines is 1. The van der Waals surface area contributed by atoms with E-state index in [-0.39, 0.29) is 5.91 Å². The van der Waals surface area contributed by atoms with Crippen molar-refractivity contribution in [3.8, 4) is 0 Å². The van der Waals surface area contributed by atoms with Gasteiger partial charge in [-0.3, -0.25) is 4.79 Å². The maximum atomic E-state index is 12.0. The van der Waals surface area contributed by atoms with E-state index in [2.05, 4.69) is 42.3 Å². The molecule has 1 aromatic carbocycles. The molecule has 0 bridgehead atoms. The minimum atomic E-state index is 0.136. The zero-order chi connectivity index (χ0) is 16.2. The molecule has 3 nitrogen and oxygen atoms in total. The average molecular weight is 328 g/mol. The zero-order valence-corrected chi connectivity index (χ0v) is 14.7. The monoisotopic (exact) mass is 328 g/mol. The molecule has 0 radical (unpaired) electrons. The van der Waals surface area contributed by atoms with Crippen LogP contribution in [0.5, 0.6) is 0 Å². The smallest absolute Gasteiger partial charge is 0.225 e. The second-order valence-electron chi connectivity index (χ2n) is 6.43. The van der Waals surface area contributed by atoms with Gasteiger partial charge in [0.1, 0.15) is 0 Å². The van der Waals surface area contributed by atoms with Crippen LogP contribution in [0.15, 0.2) is 35.7 Å². The minimum absolute atomic E-state index is 0.136. The largest absolute Gasteiger partial charge is 0.371 e. The van der Waals surface area contributed by atoms with Crippen molar-refractivity contribution in [3.63, 3.8) is 0 Å². The second kappa shape index (κ2) is 7.18. The highest BCUT2D eigenvalue weighted by Crippen LogP contribution is 2.25. The van der Waals surface area contributed by atoms with Crippen LogP contribution in [0.3, 0.4) is 0 Å². The highest BCUT2D eigenvalue weighted by Gasteiger charge is 2.23. The summed E-state index contributed by atoms with van der Waals surface area (Å²) in [7, 11) is 0. The van der Waals surface area contributed by atoms with Crippen molar-refractivity contribution in [2.24, 2.45) is 5.92 Å². The summed E-state index contributed by atoms with van der Waals surface area (Å²) in [5.41, 5.74) is 3.99. The number of hydrogen-bond acceptors (Lipinski definition) is 3. The molecule has 1 aliphatic heterocycles. The molecule has 1 atom stereocenters. The van der Waals surface area contributed by atoms with Gasteiger partial charge in [0.2, 0.25) is 5.91 Å². The highest BCUT2D eigenvalue weighted by atomic mass is 32.1. The summed E-state index contributed by atoms with van der Waals surface area (Å²) < 4.78 is 0. The van der Waals surface area contributed by atoms with Crippen molar-refractivity contribution in [2.75, 3.05) is 24.5 Å². The fourth-order valence-electron chi connectivity index (χ4n) is 3.05. The third-order valence-corrected chi connectivity index (χ3v) is 5.52. The molecule has 4 heteroatoms. The lowest BCUT2D eigenvalue weighted by molar-refractivity contribution is -0.120. The summed E-state index contributed by atoms with van der Waals surface area (Å²) in [6.45, 7) is 7.20. The van der Waals surface area contributed by atoms with E-state index in [1.54, 1.807) is 11.3 Å². The molecule has 1 N–H and O–H groups in total. The molecule has 1 unspecified atom stereocenters. The van der Waals surface area contributed by atoms with Crippen LogP contribution in [-0.4, -0.2) is 25.5 Å². The molecule has 2 heterocycles. The first-order chi connectivity index (χ1) is 11.1. The van der Waals surface area contributed by atoms with Gasteiger partial charge in [-0.2, -0.15) is 0 Å². The molecule has 1 amide bonds. The number of nitrogens with one attached hydrogen (secondary N) is 1. The molecule has 23 heavy (non-hydrogen) atoms. The van der Waals surface area contributed by atoms with Crippen LogP contribution >= 0.6 is 11.3 Å². The predicted molar refractivity (Wildman–Crippen MR) is 97.3 cm³/mol. The number of benzene rings is 1. The molecule has 0 saturated carbocycles. The lowest BCUT2D eigenvalue weighted by atomic mass is 10.1. The Kier molecular flexibility index (Phi) is 5.01. The molecule has 1 saturated heterocycles. The van der Waals surface area contributed by atoms with E-state index < -0.39 is 0 Å². The Balaban J connectivity index is 1.48. The van der Waals surface area contributed by atoms with Crippen LogP contribution < -0.4 is 10.2 Å². The molecule has 1 aromatic heterocycles. The average Bonchev–Trinajstić information content (AvgIpc) is 3.19. The van der Waals surface area contributed by atoms with E-state index in [0.717, 1.165) is 30.9 Å². The number of thiophene rings is 1. The molecular formula is C19H24N2OS. The number of aryl methyl sites for hydroxylation is 2. The van der Waals surface area contributed by atoms with Gasteiger partial charge < -0.3 is 10.2 Å². The van der Waals surface area contributed by atoms with Gasteiger partial charge in [-0.25, -0.2) is 0 Å². The van der Waals surface area contributed by atoms with E-state index in [1.165, 1.54) is 16.8 Å². The Morgan fingerprint density at radius 1 is 1.30 bits per heavy atom. The Morgan fingerprint density at radius 2 is 2.17 bits per heavy atom. The van der Waals surface area contributed by atoms with Crippen molar-refractivity contribution in [1.82, 2.24) is 5.32 Å². The van der Waals surface area contributed by atoms with E-state index in [1.807, 2.05) is 17.5 Å². The van der Waals surface area contributed by atoms with Crippen LogP contribution in [0.1, 0.15) is 22.4 Å². The van der Waals surface area contributed by atoms with Gasteiger partial charge in [-0.1, -0.05) is 12.1 Å². The lowest BCUT2D eigenvalue weighted by Crippen LogP contribution is -2.31. The number of hydrogen-bond donors (Lipinski definition) is 1. The molecule has 122 valence electrons. The summed E-state index contributed by atoms with van der Waals surface area (Å²) in [5, 5.41) is 5.11. The fraction of sp³-hybridized carbons (Fsp3) is 0.421. The van der Waals surface area contributed by atoms with Gasteiger partial charge >= 0.3 is 0 Å². The van der Waals surface area contributed by atoms with Gasteiger partial charge in [0.05, 0.1) is 6.42 Å². The normalized spacial score (nSPS) is 17.5. The van der Waals surface area contributed by atoms with Crippen molar-refractivity contribution in [1.29, 1.82) is 0 Å². The Labute approximate surface area is 142 Å². The third kappa shape index (κ3) is 4.14. The molecule has 0 aliphatic carbocycles. The summed E-state index contributed by atoms with van der Waals surface area (Å²) in [5.74, 6) is 0.681. The van der Waals surface area contributed by atoms with Crippen LogP contribution in [-0.2, 0) is 11.2 Å². The van der Waals surface area contributed by atoms with Crippen molar-refractivity contribution >= 4 is 22.9 Å². The van der Waals surface area contributed by atoms with Crippen LogP contribution in [0.4, 0.5) is 5.69 Å². The number of amides is 1. The number of rotatable bonds is 5. The third-order valence-electron chi connectivity index (χ3n) is 4.64. The van der Waals surface area contributed by atoms with Crippen molar-refractivity contribution in [3.05, 3.63) is 51.7 Å². The number of carbonyl (C=O) groups is 1. The first-order valence-electron chi connectivity index (χ1n) is 8.23. The highest BCUT2D eigenvalue weighted by molar-refractivity contribution is 7.10.